The highest BCUT2D eigenvalue weighted by atomic mass is 35.5. The molecule has 3 nitrogen and oxygen atoms in total. The van der Waals surface area contributed by atoms with Crippen LogP contribution >= 0.6 is 23.2 Å². The summed E-state index contributed by atoms with van der Waals surface area (Å²) in [6.07, 6.45) is 0.941. The van der Waals surface area contributed by atoms with Crippen LogP contribution in [-0.4, -0.2) is 19.0 Å². The normalized spacial score (nSPS) is 12.5. The van der Waals surface area contributed by atoms with Gasteiger partial charge < -0.3 is 10.6 Å². The van der Waals surface area contributed by atoms with Crippen LogP contribution in [0, 0.1) is 5.92 Å². The maximum atomic E-state index is 11.4. The second kappa shape index (κ2) is 8.50. The molecule has 1 atom stereocenters. The summed E-state index contributed by atoms with van der Waals surface area (Å²) in [7, 11) is 0. The Labute approximate surface area is 131 Å². The van der Waals surface area contributed by atoms with Crippen molar-refractivity contribution in [1.29, 1.82) is 0 Å². The molecule has 112 valence electrons. The second-order valence-electron chi connectivity index (χ2n) is 5.03. The van der Waals surface area contributed by atoms with Gasteiger partial charge in [-0.05, 0) is 24.1 Å². The van der Waals surface area contributed by atoms with Gasteiger partial charge in [-0.3, -0.25) is 4.79 Å². The third-order valence-corrected chi connectivity index (χ3v) is 3.83. The first kappa shape index (κ1) is 17.3. The number of benzene rings is 1. The van der Waals surface area contributed by atoms with Crippen molar-refractivity contribution in [2.45, 2.75) is 33.2 Å². The van der Waals surface area contributed by atoms with E-state index in [9.17, 15) is 4.79 Å². The van der Waals surface area contributed by atoms with Gasteiger partial charge in [0, 0.05) is 25.0 Å². The van der Waals surface area contributed by atoms with Crippen LogP contribution in [0.4, 0.5) is 0 Å². The first-order valence-electron chi connectivity index (χ1n) is 6.91. The third kappa shape index (κ3) is 5.31. The molecule has 0 saturated heterocycles. The predicted octanol–water partition coefficient (Wildman–Crippen LogP) is 3.81. The zero-order valence-electron chi connectivity index (χ0n) is 12.2. The van der Waals surface area contributed by atoms with Crippen LogP contribution in [0.15, 0.2) is 18.2 Å². The SMILES string of the molecule is CCC(NCCNC(=O)C(C)C)c1ccc(Cl)c(Cl)c1. The average molecular weight is 317 g/mol. The number of hydrogen-bond acceptors (Lipinski definition) is 2. The Hall–Kier alpha value is -0.770. The molecule has 0 aliphatic carbocycles. The maximum Gasteiger partial charge on any atom is 0.222 e. The number of carbonyl (C=O) groups is 1. The summed E-state index contributed by atoms with van der Waals surface area (Å²) >= 11 is 12.0. The van der Waals surface area contributed by atoms with Gasteiger partial charge >= 0.3 is 0 Å². The fourth-order valence-electron chi connectivity index (χ4n) is 1.86. The largest absolute Gasteiger partial charge is 0.355 e. The first-order chi connectivity index (χ1) is 9.45. The van der Waals surface area contributed by atoms with Gasteiger partial charge in [-0.1, -0.05) is 50.0 Å². The first-order valence-corrected chi connectivity index (χ1v) is 7.67. The molecule has 2 N–H and O–H groups in total. The van der Waals surface area contributed by atoms with Crippen molar-refractivity contribution in [2.24, 2.45) is 5.92 Å². The lowest BCUT2D eigenvalue weighted by Crippen LogP contribution is -2.35. The molecule has 0 aliphatic heterocycles. The Balaban J connectivity index is 2.47. The van der Waals surface area contributed by atoms with Crippen LogP contribution < -0.4 is 10.6 Å². The summed E-state index contributed by atoms with van der Waals surface area (Å²) in [5, 5.41) is 7.43. The fraction of sp³-hybridized carbons (Fsp3) is 0.533. The predicted molar refractivity (Wildman–Crippen MR) is 85.3 cm³/mol. The number of amides is 1. The molecule has 0 saturated carbocycles. The molecule has 1 amide bonds. The molecule has 0 radical (unpaired) electrons. The van der Waals surface area contributed by atoms with Gasteiger partial charge in [-0.2, -0.15) is 0 Å². The highest BCUT2D eigenvalue weighted by Crippen LogP contribution is 2.26. The van der Waals surface area contributed by atoms with E-state index in [-0.39, 0.29) is 17.9 Å². The molecular weight excluding hydrogens is 295 g/mol. The van der Waals surface area contributed by atoms with E-state index in [1.54, 1.807) is 0 Å². The van der Waals surface area contributed by atoms with Crippen LogP contribution in [0.3, 0.4) is 0 Å². The van der Waals surface area contributed by atoms with Crippen molar-refractivity contribution in [3.63, 3.8) is 0 Å². The molecule has 0 spiro atoms. The zero-order valence-corrected chi connectivity index (χ0v) is 13.7. The Morgan fingerprint density at radius 2 is 1.90 bits per heavy atom. The molecule has 1 unspecified atom stereocenters. The summed E-state index contributed by atoms with van der Waals surface area (Å²) in [6, 6.07) is 5.88. The summed E-state index contributed by atoms with van der Waals surface area (Å²) in [6.45, 7) is 7.21. The van der Waals surface area contributed by atoms with Gasteiger partial charge in [-0.25, -0.2) is 0 Å². The topological polar surface area (TPSA) is 41.1 Å². The van der Waals surface area contributed by atoms with Crippen molar-refractivity contribution in [3.8, 4) is 0 Å². The van der Waals surface area contributed by atoms with Crippen LogP contribution in [0.5, 0.6) is 0 Å². The lowest BCUT2D eigenvalue weighted by molar-refractivity contribution is -0.123. The molecule has 0 aromatic heterocycles. The van der Waals surface area contributed by atoms with Crippen molar-refractivity contribution in [2.75, 3.05) is 13.1 Å². The van der Waals surface area contributed by atoms with E-state index in [2.05, 4.69) is 17.6 Å². The molecule has 20 heavy (non-hydrogen) atoms. The molecular formula is C15H22Cl2N2O. The Morgan fingerprint density at radius 3 is 2.45 bits per heavy atom. The van der Waals surface area contributed by atoms with Gasteiger partial charge in [0.25, 0.3) is 0 Å². The van der Waals surface area contributed by atoms with Crippen LogP contribution in [-0.2, 0) is 4.79 Å². The van der Waals surface area contributed by atoms with E-state index >= 15 is 0 Å². The van der Waals surface area contributed by atoms with Gasteiger partial charge in [0.1, 0.15) is 0 Å². The minimum Gasteiger partial charge on any atom is -0.355 e. The molecule has 1 rings (SSSR count). The fourth-order valence-corrected chi connectivity index (χ4v) is 2.17. The van der Waals surface area contributed by atoms with E-state index in [1.807, 2.05) is 32.0 Å². The highest BCUT2D eigenvalue weighted by Gasteiger charge is 2.11. The van der Waals surface area contributed by atoms with Gasteiger partial charge in [0.15, 0.2) is 0 Å². The number of halogens is 2. The van der Waals surface area contributed by atoms with Crippen molar-refractivity contribution in [3.05, 3.63) is 33.8 Å². The summed E-state index contributed by atoms with van der Waals surface area (Å²) in [5.74, 6) is 0.0985. The molecule has 5 heteroatoms. The molecule has 0 heterocycles. The number of hydrogen-bond donors (Lipinski definition) is 2. The van der Waals surface area contributed by atoms with Crippen LogP contribution in [0.25, 0.3) is 0 Å². The molecule has 0 aliphatic rings. The summed E-state index contributed by atoms with van der Waals surface area (Å²) in [5.41, 5.74) is 1.11. The zero-order chi connectivity index (χ0) is 15.1. The Kier molecular flexibility index (Phi) is 7.35. The van der Waals surface area contributed by atoms with E-state index in [1.165, 1.54) is 0 Å². The maximum absolute atomic E-state index is 11.4. The molecule has 1 aromatic carbocycles. The van der Waals surface area contributed by atoms with Crippen molar-refractivity contribution < 1.29 is 4.79 Å². The lowest BCUT2D eigenvalue weighted by atomic mass is 10.0. The van der Waals surface area contributed by atoms with E-state index < -0.39 is 0 Å². The Bertz CT molecular complexity index is 449. The standard InChI is InChI=1S/C15H22Cl2N2O/c1-4-14(11-5-6-12(16)13(17)9-11)18-7-8-19-15(20)10(2)3/h5-6,9-10,14,18H,4,7-8H2,1-3H3,(H,19,20). The average Bonchev–Trinajstić information content (AvgIpc) is 2.42. The van der Waals surface area contributed by atoms with Crippen LogP contribution in [0.1, 0.15) is 38.8 Å². The monoisotopic (exact) mass is 316 g/mol. The number of nitrogens with one attached hydrogen (secondary N) is 2. The minimum atomic E-state index is 0.0204. The number of carbonyl (C=O) groups excluding carboxylic acids is 1. The number of rotatable bonds is 7. The summed E-state index contributed by atoms with van der Waals surface area (Å²) < 4.78 is 0. The molecule has 0 fully saturated rings. The van der Waals surface area contributed by atoms with Gasteiger partial charge in [0.2, 0.25) is 5.91 Å². The van der Waals surface area contributed by atoms with Crippen molar-refractivity contribution >= 4 is 29.1 Å². The van der Waals surface area contributed by atoms with E-state index in [4.69, 9.17) is 23.2 Å². The van der Waals surface area contributed by atoms with E-state index in [0.717, 1.165) is 18.5 Å². The molecule has 1 aromatic rings. The van der Waals surface area contributed by atoms with Crippen LogP contribution in [0.2, 0.25) is 10.0 Å². The lowest BCUT2D eigenvalue weighted by Gasteiger charge is -2.18. The highest BCUT2D eigenvalue weighted by molar-refractivity contribution is 6.42. The second-order valence-corrected chi connectivity index (χ2v) is 5.85. The van der Waals surface area contributed by atoms with Gasteiger partial charge in [-0.15, -0.1) is 0 Å². The van der Waals surface area contributed by atoms with Crippen molar-refractivity contribution in [1.82, 2.24) is 10.6 Å². The third-order valence-electron chi connectivity index (χ3n) is 3.09. The Morgan fingerprint density at radius 1 is 1.20 bits per heavy atom. The minimum absolute atomic E-state index is 0.0204. The quantitative estimate of drug-likeness (QED) is 0.751. The molecule has 0 bridgehead atoms. The smallest absolute Gasteiger partial charge is 0.222 e. The van der Waals surface area contributed by atoms with Gasteiger partial charge in [0.05, 0.1) is 10.0 Å². The summed E-state index contributed by atoms with van der Waals surface area (Å²) in [4.78, 5) is 11.4. The van der Waals surface area contributed by atoms with E-state index in [0.29, 0.717) is 16.6 Å².